The molecule has 0 radical (unpaired) electrons. The predicted molar refractivity (Wildman–Crippen MR) is 115 cm³/mol. The Morgan fingerprint density at radius 2 is 1.33 bits per heavy atom. The maximum atomic E-state index is 11.7. The normalized spacial score (nSPS) is 17.8. The largest absolute Gasteiger partial charge is 0.478 e. The number of hydrogen-bond donors (Lipinski definition) is 2. The predicted octanol–water partition coefficient (Wildman–Crippen LogP) is 2.26. The molecule has 2 saturated heterocycles. The van der Waals surface area contributed by atoms with Crippen molar-refractivity contribution in [2.45, 2.75) is 38.5 Å². The quantitative estimate of drug-likeness (QED) is 0.438. The number of carbonyl (C=O) groups is 1. The lowest BCUT2D eigenvalue weighted by Gasteiger charge is -2.30. The van der Waals surface area contributed by atoms with Crippen molar-refractivity contribution >= 4 is 23.6 Å². The first-order chi connectivity index (χ1) is 14.7. The number of hydrazone groups is 1. The molecule has 0 spiro atoms. The molecule has 9 heteroatoms. The molecule has 4 rings (SSSR count). The van der Waals surface area contributed by atoms with Gasteiger partial charge in [-0.1, -0.05) is 18.2 Å². The van der Waals surface area contributed by atoms with E-state index in [-0.39, 0.29) is 11.3 Å². The molecule has 30 heavy (non-hydrogen) atoms. The van der Waals surface area contributed by atoms with E-state index in [4.69, 9.17) is 10.8 Å². The second-order valence-electron chi connectivity index (χ2n) is 7.68. The molecule has 2 aliphatic heterocycles. The van der Waals surface area contributed by atoms with E-state index >= 15 is 0 Å². The van der Waals surface area contributed by atoms with Gasteiger partial charge in [-0.2, -0.15) is 20.1 Å². The Bertz CT molecular complexity index is 898. The summed E-state index contributed by atoms with van der Waals surface area (Å²) in [5, 5.41) is 13.5. The second-order valence-corrected chi connectivity index (χ2v) is 7.68. The molecule has 0 bridgehead atoms. The number of hydrogen-bond acceptors (Lipinski definition) is 8. The maximum absolute atomic E-state index is 11.7. The van der Waals surface area contributed by atoms with Crippen molar-refractivity contribution in [3.63, 3.8) is 0 Å². The first kappa shape index (κ1) is 20.1. The molecule has 9 nitrogen and oxygen atoms in total. The zero-order chi connectivity index (χ0) is 20.9. The summed E-state index contributed by atoms with van der Waals surface area (Å²) in [4.78, 5) is 30.2. The lowest BCUT2D eigenvalue weighted by molar-refractivity contribution is 0.0696. The topological polar surface area (TPSA) is 121 Å². The van der Waals surface area contributed by atoms with Crippen LogP contribution in [0.2, 0.25) is 0 Å². The fraction of sp³-hybridized carbons (Fsp3) is 0.476. The van der Waals surface area contributed by atoms with Gasteiger partial charge in [-0.25, -0.2) is 4.79 Å². The zero-order valence-electron chi connectivity index (χ0n) is 17.0. The number of carboxylic acid groups (broad SMARTS) is 1. The van der Waals surface area contributed by atoms with E-state index in [2.05, 4.69) is 24.9 Å². The molecule has 0 atom stereocenters. The van der Waals surface area contributed by atoms with E-state index < -0.39 is 5.97 Å². The number of piperidine rings is 2. The average Bonchev–Trinajstić information content (AvgIpc) is 2.81. The minimum Gasteiger partial charge on any atom is -0.478 e. The number of anilines is 2. The van der Waals surface area contributed by atoms with Crippen LogP contribution in [0, 0.1) is 0 Å². The number of aromatic carboxylic acids is 1. The van der Waals surface area contributed by atoms with Gasteiger partial charge in [0.1, 0.15) is 5.71 Å². The number of aromatic nitrogens is 3. The Balaban J connectivity index is 1.80. The van der Waals surface area contributed by atoms with Gasteiger partial charge in [-0.15, -0.1) is 0 Å². The van der Waals surface area contributed by atoms with Gasteiger partial charge in [0.2, 0.25) is 11.9 Å². The third-order valence-electron chi connectivity index (χ3n) is 5.64. The van der Waals surface area contributed by atoms with Crippen molar-refractivity contribution in [2.75, 3.05) is 36.0 Å². The van der Waals surface area contributed by atoms with Gasteiger partial charge in [0.25, 0.3) is 0 Å². The summed E-state index contributed by atoms with van der Waals surface area (Å²) in [6.07, 6.45) is 6.79. The number of nitrogens with two attached hydrogens (primary N) is 1. The fourth-order valence-electron chi connectivity index (χ4n) is 4.05. The molecule has 0 unspecified atom stereocenters. The van der Waals surface area contributed by atoms with E-state index in [9.17, 15) is 9.90 Å². The summed E-state index contributed by atoms with van der Waals surface area (Å²) in [5.41, 5.74) is 0.765. The van der Waals surface area contributed by atoms with Gasteiger partial charge in [0, 0.05) is 31.7 Å². The van der Waals surface area contributed by atoms with Crippen molar-refractivity contribution in [1.82, 2.24) is 15.0 Å². The smallest absolute Gasteiger partial charge is 0.336 e. The van der Waals surface area contributed by atoms with Gasteiger partial charge >= 0.3 is 5.97 Å². The number of rotatable bonds is 5. The van der Waals surface area contributed by atoms with Gasteiger partial charge < -0.3 is 20.7 Å². The molecule has 3 N–H and O–H groups in total. The molecular formula is C21H27N7O2. The molecule has 3 heterocycles. The van der Waals surface area contributed by atoms with Gasteiger partial charge in [-0.05, 0) is 44.6 Å². The van der Waals surface area contributed by atoms with E-state index in [0.29, 0.717) is 23.3 Å². The van der Waals surface area contributed by atoms with Crippen molar-refractivity contribution in [3.05, 3.63) is 41.2 Å². The Morgan fingerprint density at radius 3 is 1.80 bits per heavy atom. The molecule has 0 saturated carbocycles. The molecular weight excluding hydrogens is 382 g/mol. The van der Waals surface area contributed by atoms with E-state index in [0.717, 1.165) is 51.9 Å². The van der Waals surface area contributed by atoms with Crippen LogP contribution in [0.5, 0.6) is 0 Å². The highest BCUT2D eigenvalue weighted by Gasteiger charge is 2.24. The van der Waals surface area contributed by atoms with Crippen LogP contribution in [0.25, 0.3) is 0 Å². The highest BCUT2D eigenvalue weighted by Crippen LogP contribution is 2.23. The van der Waals surface area contributed by atoms with E-state index in [1.807, 2.05) is 0 Å². The average molecular weight is 409 g/mol. The minimum absolute atomic E-state index is 0.112. The van der Waals surface area contributed by atoms with Crippen LogP contribution in [0.4, 0.5) is 11.9 Å². The van der Waals surface area contributed by atoms with Crippen LogP contribution in [0.3, 0.4) is 0 Å². The summed E-state index contributed by atoms with van der Waals surface area (Å²) in [6, 6.07) is 6.64. The zero-order valence-corrected chi connectivity index (χ0v) is 17.0. The Labute approximate surface area is 175 Å². The second kappa shape index (κ2) is 9.06. The van der Waals surface area contributed by atoms with Crippen molar-refractivity contribution in [3.8, 4) is 0 Å². The Hall–Kier alpha value is -3.23. The Kier molecular flexibility index (Phi) is 6.06. The lowest BCUT2D eigenvalue weighted by Crippen LogP contribution is -2.35. The lowest BCUT2D eigenvalue weighted by atomic mass is 10.0. The molecule has 2 aliphatic rings. The molecule has 2 fully saturated rings. The van der Waals surface area contributed by atoms with Crippen LogP contribution in [-0.4, -0.2) is 57.9 Å². The minimum atomic E-state index is -1.05. The van der Waals surface area contributed by atoms with Crippen LogP contribution in [0.1, 0.15) is 60.3 Å². The van der Waals surface area contributed by atoms with Crippen LogP contribution in [-0.2, 0) is 0 Å². The standard InChI is InChI=1S/C21H27N7O2/c22-26-17(15-9-3-4-10-16(15)19(29)30)18-23-20(27-11-5-1-6-12-27)25-21(24-18)28-13-7-2-8-14-28/h3-4,9-10H,1-2,5-8,11-14,22H2,(H,29,30)/b26-17+. The van der Waals surface area contributed by atoms with Crippen LogP contribution < -0.4 is 15.6 Å². The number of carboxylic acids is 1. The maximum Gasteiger partial charge on any atom is 0.336 e. The van der Waals surface area contributed by atoms with Gasteiger partial charge in [0.05, 0.1) is 5.56 Å². The summed E-state index contributed by atoms with van der Waals surface area (Å²) < 4.78 is 0. The molecule has 0 aliphatic carbocycles. The SMILES string of the molecule is N/N=C(/c1nc(N2CCCCC2)nc(N2CCCCC2)n1)c1ccccc1C(=O)O. The Morgan fingerprint density at radius 1 is 0.833 bits per heavy atom. The summed E-state index contributed by atoms with van der Waals surface area (Å²) in [5.74, 6) is 6.20. The third-order valence-corrected chi connectivity index (χ3v) is 5.64. The van der Waals surface area contributed by atoms with E-state index in [1.54, 1.807) is 18.2 Å². The van der Waals surface area contributed by atoms with E-state index in [1.165, 1.54) is 18.9 Å². The first-order valence-electron chi connectivity index (χ1n) is 10.5. The summed E-state index contributed by atoms with van der Waals surface area (Å²) >= 11 is 0. The fourth-order valence-corrected chi connectivity index (χ4v) is 4.05. The van der Waals surface area contributed by atoms with Gasteiger partial charge in [-0.3, -0.25) is 0 Å². The van der Waals surface area contributed by atoms with Gasteiger partial charge in [0.15, 0.2) is 5.82 Å². The monoisotopic (exact) mass is 409 g/mol. The van der Waals surface area contributed by atoms with Crippen molar-refractivity contribution in [1.29, 1.82) is 0 Å². The van der Waals surface area contributed by atoms with Crippen molar-refractivity contribution in [2.24, 2.45) is 10.9 Å². The van der Waals surface area contributed by atoms with Crippen molar-refractivity contribution < 1.29 is 9.90 Å². The first-order valence-corrected chi connectivity index (χ1v) is 10.5. The highest BCUT2D eigenvalue weighted by atomic mass is 16.4. The highest BCUT2D eigenvalue weighted by molar-refractivity contribution is 6.15. The number of benzene rings is 1. The summed E-state index contributed by atoms with van der Waals surface area (Å²) in [7, 11) is 0. The molecule has 158 valence electrons. The van der Waals surface area contributed by atoms with Crippen LogP contribution in [0.15, 0.2) is 29.4 Å². The molecule has 1 aromatic carbocycles. The molecule has 0 amide bonds. The molecule has 1 aromatic heterocycles. The summed E-state index contributed by atoms with van der Waals surface area (Å²) in [6.45, 7) is 3.57. The third kappa shape index (κ3) is 4.19. The van der Waals surface area contributed by atoms with Crippen LogP contribution >= 0.6 is 0 Å². The number of nitrogens with zero attached hydrogens (tertiary/aromatic N) is 6. The molecule has 2 aromatic rings.